The van der Waals surface area contributed by atoms with Gasteiger partial charge in [-0.05, 0) is 66.4 Å². The standard InChI is InChI=1S/C30H28N4O4S/c1-20-13-21(2)15-25(14-20)37-11-12-38-26-10-9-23(17-27(26)36-3)16-24(19-31)29(35)32-30-34-33-28(39-30)18-22-7-5-4-6-8-22/h4-10,13-17H,11-12,18H2,1-3H3,(H,32,34,35)/b24-16-. The zero-order valence-corrected chi connectivity index (χ0v) is 22.7. The van der Waals surface area contributed by atoms with Crippen molar-refractivity contribution in [1.82, 2.24) is 10.2 Å². The summed E-state index contributed by atoms with van der Waals surface area (Å²) in [4.78, 5) is 12.7. The highest BCUT2D eigenvalue weighted by Gasteiger charge is 2.14. The third-order valence-corrected chi connectivity index (χ3v) is 6.39. The molecule has 0 aliphatic rings. The molecule has 1 amide bonds. The summed E-state index contributed by atoms with van der Waals surface area (Å²) in [7, 11) is 1.53. The maximum atomic E-state index is 12.7. The van der Waals surface area contributed by atoms with Crippen LogP contribution < -0.4 is 19.5 Å². The van der Waals surface area contributed by atoms with Gasteiger partial charge in [0.15, 0.2) is 11.5 Å². The average Bonchev–Trinajstić information content (AvgIpc) is 3.36. The van der Waals surface area contributed by atoms with Gasteiger partial charge in [0.2, 0.25) is 5.13 Å². The van der Waals surface area contributed by atoms with E-state index in [2.05, 4.69) is 21.6 Å². The molecule has 1 N–H and O–H groups in total. The van der Waals surface area contributed by atoms with Crippen molar-refractivity contribution in [3.63, 3.8) is 0 Å². The molecule has 0 aliphatic carbocycles. The first-order chi connectivity index (χ1) is 18.9. The van der Waals surface area contributed by atoms with Crippen LogP contribution in [0.5, 0.6) is 17.2 Å². The molecule has 0 unspecified atom stereocenters. The van der Waals surface area contributed by atoms with Gasteiger partial charge in [-0.3, -0.25) is 10.1 Å². The Morgan fingerprint density at radius 2 is 1.72 bits per heavy atom. The Bertz CT molecular complexity index is 1490. The lowest BCUT2D eigenvalue weighted by Crippen LogP contribution is -2.13. The number of nitrogens with one attached hydrogen (secondary N) is 1. The normalized spacial score (nSPS) is 11.0. The molecule has 0 saturated carbocycles. The number of rotatable bonds is 11. The van der Waals surface area contributed by atoms with E-state index in [1.54, 1.807) is 18.2 Å². The van der Waals surface area contributed by atoms with E-state index >= 15 is 0 Å². The van der Waals surface area contributed by atoms with Crippen molar-refractivity contribution in [3.05, 3.63) is 99.6 Å². The molecule has 8 nitrogen and oxygen atoms in total. The van der Waals surface area contributed by atoms with E-state index in [-0.39, 0.29) is 5.57 Å². The summed E-state index contributed by atoms with van der Waals surface area (Å²) in [6.45, 7) is 4.74. The van der Waals surface area contributed by atoms with Crippen molar-refractivity contribution < 1.29 is 19.0 Å². The second-order valence-electron chi connectivity index (χ2n) is 8.72. The van der Waals surface area contributed by atoms with Crippen molar-refractivity contribution in [2.24, 2.45) is 0 Å². The lowest BCUT2D eigenvalue weighted by molar-refractivity contribution is -0.112. The van der Waals surface area contributed by atoms with E-state index in [0.29, 0.717) is 41.8 Å². The minimum absolute atomic E-state index is 0.0765. The molecule has 9 heteroatoms. The van der Waals surface area contributed by atoms with Gasteiger partial charge in [-0.2, -0.15) is 5.26 Å². The van der Waals surface area contributed by atoms with E-state index in [1.807, 2.05) is 62.4 Å². The molecule has 1 heterocycles. The molecular formula is C30H28N4O4S. The third-order valence-electron chi connectivity index (χ3n) is 5.55. The molecule has 0 bridgehead atoms. The summed E-state index contributed by atoms with van der Waals surface area (Å²) >= 11 is 1.27. The topological polar surface area (TPSA) is 106 Å². The monoisotopic (exact) mass is 540 g/mol. The Morgan fingerprint density at radius 3 is 2.44 bits per heavy atom. The van der Waals surface area contributed by atoms with Gasteiger partial charge in [0.25, 0.3) is 5.91 Å². The van der Waals surface area contributed by atoms with Gasteiger partial charge < -0.3 is 14.2 Å². The molecule has 1 aromatic heterocycles. The number of carbonyl (C=O) groups excluding carboxylic acids is 1. The van der Waals surface area contributed by atoms with Crippen LogP contribution in [-0.4, -0.2) is 36.4 Å². The molecule has 0 spiro atoms. The number of benzene rings is 3. The molecule has 0 atom stereocenters. The number of hydrogen-bond donors (Lipinski definition) is 1. The Kier molecular flexibility index (Phi) is 9.27. The maximum absolute atomic E-state index is 12.7. The number of carbonyl (C=O) groups is 1. The van der Waals surface area contributed by atoms with Crippen LogP contribution in [-0.2, 0) is 11.2 Å². The highest BCUT2D eigenvalue weighted by atomic mass is 32.1. The summed E-state index contributed by atoms with van der Waals surface area (Å²) < 4.78 is 17.1. The lowest BCUT2D eigenvalue weighted by Gasteiger charge is -2.13. The molecule has 39 heavy (non-hydrogen) atoms. The van der Waals surface area contributed by atoms with Crippen LogP contribution in [0.25, 0.3) is 6.08 Å². The van der Waals surface area contributed by atoms with Gasteiger partial charge in [0.05, 0.1) is 7.11 Å². The Labute approximate surface area is 231 Å². The van der Waals surface area contributed by atoms with Crippen molar-refractivity contribution in [2.45, 2.75) is 20.3 Å². The van der Waals surface area contributed by atoms with Crippen molar-refractivity contribution in [1.29, 1.82) is 5.26 Å². The summed E-state index contributed by atoms with van der Waals surface area (Å²) in [6, 6.07) is 23.0. The summed E-state index contributed by atoms with van der Waals surface area (Å²) in [5.74, 6) is 1.23. The first-order valence-corrected chi connectivity index (χ1v) is 13.1. The molecule has 0 fully saturated rings. The van der Waals surface area contributed by atoms with Gasteiger partial charge in [-0.25, -0.2) is 0 Å². The Hall–Kier alpha value is -4.68. The Morgan fingerprint density at radius 1 is 0.974 bits per heavy atom. The van der Waals surface area contributed by atoms with Crippen LogP contribution in [0.3, 0.4) is 0 Å². The van der Waals surface area contributed by atoms with Gasteiger partial charge in [-0.1, -0.05) is 53.8 Å². The fourth-order valence-corrected chi connectivity index (χ4v) is 4.62. The van der Waals surface area contributed by atoms with E-state index in [0.717, 1.165) is 27.4 Å². The predicted molar refractivity (Wildman–Crippen MR) is 151 cm³/mol. The van der Waals surface area contributed by atoms with E-state index in [1.165, 1.54) is 24.5 Å². The summed E-state index contributed by atoms with van der Waals surface area (Å²) in [6.07, 6.45) is 2.10. The van der Waals surface area contributed by atoms with Gasteiger partial charge >= 0.3 is 0 Å². The smallest absolute Gasteiger partial charge is 0.268 e. The van der Waals surface area contributed by atoms with Crippen molar-refractivity contribution in [3.8, 4) is 23.3 Å². The van der Waals surface area contributed by atoms with Crippen LogP contribution in [0, 0.1) is 25.2 Å². The number of amides is 1. The molecule has 3 aromatic carbocycles. The van der Waals surface area contributed by atoms with Crippen LogP contribution >= 0.6 is 11.3 Å². The first kappa shape index (κ1) is 27.4. The second kappa shape index (κ2) is 13.2. The predicted octanol–water partition coefficient (Wildman–Crippen LogP) is 5.76. The molecule has 0 aliphatic heterocycles. The lowest BCUT2D eigenvalue weighted by atomic mass is 10.1. The average molecular weight is 541 g/mol. The fraction of sp³-hybridized carbons (Fsp3) is 0.200. The quantitative estimate of drug-likeness (QED) is 0.146. The highest BCUT2D eigenvalue weighted by molar-refractivity contribution is 7.15. The second-order valence-corrected chi connectivity index (χ2v) is 9.78. The fourth-order valence-electron chi connectivity index (χ4n) is 3.85. The van der Waals surface area contributed by atoms with E-state index in [9.17, 15) is 10.1 Å². The number of aromatic nitrogens is 2. The number of nitrogens with zero attached hydrogens (tertiary/aromatic N) is 3. The van der Waals surface area contributed by atoms with Crippen LogP contribution in [0.15, 0.2) is 72.3 Å². The zero-order chi connectivity index (χ0) is 27.6. The highest BCUT2D eigenvalue weighted by Crippen LogP contribution is 2.29. The number of anilines is 1. The van der Waals surface area contributed by atoms with Crippen molar-refractivity contribution >= 4 is 28.5 Å². The zero-order valence-electron chi connectivity index (χ0n) is 21.9. The summed E-state index contributed by atoms with van der Waals surface area (Å²) in [5, 5.41) is 21.5. The number of ether oxygens (including phenoxy) is 3. The minimum atomic E-state index is -0.567. The van der Waals surface area contributed by atoms with E-state index in [4.69, 9.17) is 14.2 Å². The maximum Gasteiger partial charge on any atom is 0.268 e. The minimum Gasteiger partial charge on any atom is -0.493 e. The first-order valence-electron chi connectivity index (χ1n) is 12.2. The molecule has 0 saturated heterocycles. The number of aryl methyl sites for hydroxylation is 2. The summed E-state index contributed by atoms with van der Waals surface area (Å²) in [5.41, 5.74) is 3.90. The molecule has 0 radical (unpaired) electrons. The van der Waals surface area contributed by atoms with Gasteiger partial charge in [0, 0.05) is 6.42 Å². The van der Waals surface area contributed by atoms with Gasteiger partial charge in [0.1, 0.15) is 35.6 Å². The van der Waals surface area contributed by atoms with Gasteiger partial charge in [-0.15, -0.1) is 10.2 Å². The molecule has 198 valence electrons. The number of methoxy groups -OCH3 is 1. The Balaban J connectivity index is 1.35. The third kappa shape index (κ3) is 7.90. The molecule has 4 aromatic rings. The van der Waals surface area contributed by atoms with Crippen LogP contribution in [0.1, 0.15) is 27.3 Å². The number of nitriles is 1. The van der Waals surface area contributed by atoms with Crippen molar-refractivity contribution in [2.75, 3.05) is 25.6 Å². The van der Waals surface area contributed by atoms with Crippen LogP contribution in [0.2, 0.25) is 0 Å². The van der Waals surface area contributed by atoms with Crippen LogP contribution in [0.4, 0.5) is 5.13 Å². The number of hydrogen-bond acceptors (Lipinski definition) is 8. The van der Waals surface area contributed by atoms with E-state index < -0.39 is 5.91 Å². The SMILES string of the molecule is COc1cc(/C=C(/C#N)C(=O)Nc2nnc(Cc3ccccc3)s2)ccc1OCCOc1cc(C)cc(C)c1. The largest absolute Gasteiger partial charge is 0.493 e. The molecular weight excluding hydrogens is 512 g/mol. The molecule has 4 rings (SSSR count).